The Morgan fingerprint density at radius 2 is 2.26 bits per heavy atom. The molecule has 0 N–H and O–H groups in total. The second-order valence-electron chi connectivity index (χ2n) is 4.49. The standard InChI is InChI=1S/C12H16N4O3/c1-12(19-3)5-4-7-15(8-6-12)11-10(16(17)18)9-13-14(11)2/h4-6,8-9H,7H2,1-3H3. The highest BCUT2D eigenvalue weighted by molar-refractivity contribution is 5.60. The molecule has 1 unspecified atom stereocenters. The summed E-state index contributed by atoms with van der Waals surface area (Å²) in [6.45, 7) is 2.44. The Morgan fingerprint density at radius 1 is 1.53 bits per heavy atom. The molecule has 1 aliphatic rings. The summed E-state index contributed by atoms with van der Waals surface area (Å²) >= 11 is 0. The van der Waals surface area contributed by atoms with E-state index in [9.17, 15) is 10.1 Å². The van der Waals surface area contributed by atoms with Gasteiger partial charge in [-0.25, -0.2) is 4.68 Å². The predicted octanol–water partition coefficient (Wildman–Crippen LogP) is 1.62. The first-order valence-corrected chi connectivity index (χ1v) is 5.82. The molecule has 19 heavy (non-hydrogen) atoms. The van der Waals surface area contributed by atoms with E-state index < -0.39 is 10.5 Å². The van der Waals surface area contributed by atoms with Crippen LogP contribution in [0.4, 0.5) is 11.5 Å². The van der Waals surface area contributed by atoms with E-state index in [1.807, 2.05) is 25.2 Å². The van der Waals surface area contributed by atoms with Crippen molar-refractivity contribution in [3.05, 3.63) is 40.7 Å². The number of hydrogen-bond acceptors (Lipinski definition) is 5. The van der Waals surface area contributed by atoms with E-state index in [2.05, 4.69) is 5.10 Å². The molecule has 0 bridgehead atoms. The van der Waals surface area contributed by atoms with Crippen molar-refractivity contribution >= 4 is 11.5 Å². The molecule has 0 spiro atoms. The van der Waals surface area contributed by atoms with Crippen molar-refractivity contribution in [2.75, 3.05) is 18.6 Å². The average molecular weight is 264 g/mol. The van der Waals surface area contributed by atoms with Crippen molar-refractivity contribution < 1.29 is 9.66 Å². The molecule has 0 radical (unpaired) electrons. The number of methoxy groups -OCH3 is 1. The van der Waals surface area contributed by atoms with Crippen LogP contribution in [-0.4, -0.2) is 34.0 Å². The summed E-state index contributed by atoms with van der Waals surface area (Å²) < 4.78 is 6.87. The van der Waals surface area contributed by atoms with Crippen molar-refractivity contribution in [1.82, 2.24) is 9.78 Å². The van der Waals surface area contributed by atoms with Gasteiger partial charge in [-0.2, -0.15) is 5.10 Å². The maximum Gasteiger partial charge on any atom is 0.331 e. The second-order valence-corrected chi connectivity index (χ2v) is 4.49. The van der Waals surface area contributed by atoms with Crippen LogP contribution in [-0.2, 0) is 11.8 Å². The van der Waals surface area contributed by atoms with Gasteiger partial charge in [0.05, 0.1) is 4.92 Å². The Kier molecular flexibility index (Phi) is 3.39. The number of aryl methyl sites for hydroxylation is 1. The molecular weight excluding hydrogens is 248 g/mol. The maximum absolute atomic E-state index is 11.0. The summed E-state index contributed by atoms with van der Waals surface area (Å²) in [7, 11) is 3.30. The maximum atomic E-state index is 11.0. The van der Waals surface area contributed by atoms with E-state index in [1.165, 1.54) is 10.9 Å². The third kappa shape index (κ3) is 2.50. The predicted molar refractivity (Wildman–Crippen MR) is 70.9 cm³/mol. The fraction of sp³-hybridized carbons (Fsp3) is 0.417. The van der Waals surface area contributed by atoms with Gasteiger partial charge in [-0.3, -0.25) is 10.1 Å². The van der Waals surface area contributed by atoms with Crippen LogP contribution in [0.25, 0.3) is 0 Å². The minimum atomic E-state index is -0.498. The third-order valence-corrected chi connectivity index (χ3v) is 3.13. The SMILES string of the molecule is COC1(C)C=CCN(c2c([N+](=O)[O-])cnn2C)C=C1. The van der Waals surface area contributed by atoms with Crippen LogP contribution in [0.5, 0.6) is 0 Å². The lowest BCUT2D eigenvalue weighted by Gasteiger charge is -2.19. The summed E-state index contributed by atoms with van der Waals surface area (Å²) in [4.78, 5) is 12.3. The normalized spacial score (nSPS) is 22.6. The Hall–Kier alpha value is -2.15. The molecule has 0 fully saturated rings. The van der Waals surface area contributed by atoms with Gasteiger partial charge < -0.3 is 9.64 Å². The van der Waals surface area contributed by atoms with Gasteiger partial charge in [-0.05, 0) is 13.0 Å². The molecule has 1 aromatic heterocycles. The number of aromatic nitrogens is 2. The van der Waals surface area contributed by atoms with Crippen LogP contribution in [0, 0.1) is 10.1 Å². The summed E-state index contributed by atoms with van der Waals surface area (Å²) in [5.74, 6) is 0.450. The van der Waals surface area contributed by atoms with E-state index in [4.69, 9.17) is 4.74 Å². The van der Waals surface area contributed by atoms with Crippen LogP contribution >= 0.6 is 0 Å². The molecule has 102 valence electrons. The topological polar surface area (TPSA) is 73.4 Å². The van der Waals surface area contributed by atoms with Crippen molar-refractivity contribution in [3.63, 3.8) is 0 Å². The van der Waals surface area contributed by atoms with Gasteiger partial charge in [0.2, 0.25) is 5.82 Å². The first-order chi connectivity index (χ1) is 8.97. The summed E-state index contributed by atoms with van der Waals surface area (Å²) in [6, 6.07) is 0. The quantitative estimate of drug-likeness (QED) is 0.471. The van der Waals surface area contributed by atoms with Gasteiger partial charge in [-0.15, -0.1) is 0 Å². The van der Waals surface area contributed by atoms with Crippen LogP contribution < -0.4 is 4.90 Å². The van der Waals surface area contributed by atoms with Gasteiger partial charge in [0.25, 0.3) is 0 Å². The molecule has 0 amide bonds. The minimum Gasteiger partial charge on any atom is -0.370 e. The highest BCUT2D eigenvalue weighted by atomic mass is 16.6. The fourth-order valence-electron chi connectivity index (χ4n) is 1.93. The first-order valence-electron chi connectivity index (χ1n) is 5.82. The summed E-state index contributed by atoms with van der Waals surface area (Å²) in [5.41, 5.74) is -0.510. The lowest BCUT2D eigenvalue weighted by atomic mass is 10.1. The molecule has 7 heteroatoms. The van der Waals surface area contributed by atoms with Crippen molar-refractivity contribution in [1.29, 1.82) is 0 Å². The number of ether oxygens (including phenoxy) is 1. The van der Waals surface area contributed by atoms with Gasteiger partial charge in [0, 0.05) is 26.9 Å². The molecule has 0 saturated heterocycles. The Morgan fingerprint density at radius 3 is 2.89 bits per heavy atom. The molecule has 1 aliphatic heterocycles. The zero-order valence-corrected chi connectivity index (χ0v) is 11.1. The van der Waals surface area contributed by atoms with Crippen molar-refractivity contribution in [3.8, 4) is 0 Å². The van der Waals surface area contributed by atoms with E-state index in [-0.39, 0.29) is 5.69 Å². The highest BCUT2D eigenvalue weighted by Gasteiger charge is 2.25. The van der Waals surface area contributed by atoms with Crippen molar-refractivity contribution in [2.45, 2.75) is 12.5 Å². The molecule has 7 nitrogen and oxygen atoms in total. The molecule has 1 aromatic rings. The largest absolute Gasteiger partial charge is 0.370 e. The monoisotopic (exact) mass is 264 g/mol. The van der Waals surface area contributed by atoms with Crippen molar-refractivity contribution in [2.24, 2.45) is 7.05 Å². The first kappa shape index (κ1) is 13.3. The number of rotatable bonds is 3. The number of anilines is 1. The Bertz CT molecular complexity index is 549. The number of nitro groups is 1. The third-order valence-electron chi connectivity index (χ3n) is 3.13. The number of hydrogen-bond donors (Lipinski definition) is 0. The lowest BCUT2D eigenvalue weighted by Crippen LogP contribution is -2.21. The lowest BCUT2D eigenvalue weighted by molar-refractivity contribution is -0.384. The van der Waals surface area contributed by atoms with Gasteiger partial charge in [-0.1, -0.05) is 12.2 Å². The van der Waals surface area contributed by atoms with Gasteiger partial charge in [0.1, 0.15) is 11.8 Å². The van der Waals surface area contributed by atoms with E-state index in [0.29, 0.717) is 12.4 Å². The summed E-state index contributed by atoms with van der Waals surface area (Å²) in [5, 5.41) is 15.0. The Labute approximate surface area is 110 Å². The smallest absolute Gasteiger partial charge is 0.331 e. The second kappa shape index (κ2) is 4.85. The van der Waals surface area contributed by atoms with Crippen LogP contribution in [0.3, 0.4) is 0 Å². The molecule has 0 saturated carbocycles. The molecule has 2 rings (SSSR count). The van der Waals surface area contributed by atoms with E-state index in [0.717, 1.165) is 0 Å². The zero-order chi connectivity index (χ0) is 14.0. The molecule has 0 aromatic carbocycles. The minimum absolute atomic E-state index is 0.0124. The number of nitrogens with zero attached hydrogens (tertiary/aromatic N) is 4. The average Bonchev–Trinajstić information content (AvgIpc) is 2.64. The zero-order valence-electron chi connectivity index (χ0n) is 11.1. The molecule has 1 atom stereocenters. The van der Waals surface area contributed by atoms with E-state index in [1.54, 1.807) is 25.3 Å². The van der Waals surface area contributed by atoms with Crippen LogP contribution in [0.1, 0.15) is 6.92 Å². The van der Waals surface area contributed by atoms with E-state index >= 15 is 0 Å². The van der Waals surface area contributed by atoms with Gasteiger partial charge in [0.15, 0.2) is 0 Å². The van der Waals surface area contributed by atoms with Crippen LogP contribution in [0.15, 0.2) is 30.6 Å². The highest BCUT2D eigenvalue weighted by Crippen LogP contribution is 2.29. The fourth-order valence-corrected chi connectivity index (χ4v) is 1.93. The Balaban J connectivity index is 2.39. The molecule has 0 aliphatic carbocycles. The summed E-state index contributed by atoms with van der Waals surface area (Å²) in [6.07, 6.45) is 8.74. The molecular formula is C12H16N4O3. The van der Waals surface area contributed by atoms with Crippen LogP contribution in [0.2, 0.25) is 0 Å². The molecule has 2 heterocycles. The van der Waals surface area contributed by atoms with Gasteiger partial charge >= 0.3 is 5.69 Å².